The number of hydrogen-bond acceptors (Lipinski definition) is 3. The normalized spacial score (nSPS) is 13.7. The third-order valence-electron chi connectivity index (χ3n) is 3.26. The number of benzene rings is 1. The van der Waals surface area contributed by atoms with Crippen molar-refractivity contribution in [1.29, 1.82) is 0 Å². The number of halogens is 1. The highest BCUT2D eigenvalue weighted by Gasteiger charge is 2.09. The summed E-state index contributed by atoms with van der Waals surface area (Å²) in [5.41, 5.74) is 1.07. The Morgan fingerprint density at radius 1 is 1.35 bits per heavy atom. The summed E-state index contributed by atoms with van der Waals surface area (Å²) in [6.45, 7) is 5.30. The first-order valence-electron chi connectivity index (χ1n) is 7.77. The number of nitrogens with one attached hydrogen (secondary N) is 2. The van der Waals surface area contributed by atoms with Crippen LogP contribution in [0.2, 0.25) is 5.02 Å². The highest BCUT2D eigenvalue weighted by Crippen LogP contribution is 2.15. The first-order chi connectivity index (χ1) is 10.8. The fourth-order valence-corrected chi connectivity index (χ4v) is 3.02. The van der Waals surface area contributed by atoms with Crippen LogP contribution in [0.1, 0.15) is 25.8 Å². The van der Waals surface area contributed by atoms with Gasteiger partial charge in [0.15, 0.2) is 5.96 Å². The van der Waals surface area contributed by atoms with E-state index in [2.05, 4.69) is 15.6 Å². The van der Waals surface area contributed by atoms with Crippen LogP contribution >= 0.6 is 11.6 Å². The maximum atomic E-state index is 11.2. The Balaban J connectivity index is 2.54. The molecule has 1 atom stereocenters. The molecule has 7 heteroatoms. The van der Waals surface area contributed by atoms with Crippen molar-refractivity contribution in [3.63, 3.8) is 0 Å². The van der Waals surface area contributed by atoms with Crippen molar-refractivity contribution >= 4 is 27.4 Å². The van der Waals surface area contributed by atoms with Gasteiger partial charge in [-0.1, -0.05) is 29.8 Å². The van der Waals surface area contributed by atoms with Crippen molar-refractivity contribution in [2.24, 2.45) is 4.99 Å². The zero-order chi connectivity index (χ0) is 17.3. The van der Waals surface area contributed by atoms with Gasteiger partial charge < -0.3 is 10.6 Å². The molecule has 1 rings (SSSR count). The summed E-state index contributed by atoms with van der Waals surface area (Å²) < 4.78 is 22.4. The fourth-order valence-electron chi connectivity index (χ4n) is 2.01. The third kappa shape index (κ3) is 8.81. The van der Waals surface area contributed by atoms with Gasteiger partial charge >= 0.3 is 0 Å². The van der Waals surface area contributed by atoms with Crippen LogP contribution in [-0.2, 0) is 16.3 Å². The van der Waals surface area contributed by atoms with Gasteiger partial charge in [-0.2, -0.15) is 0 Å². The van der Waals surface area contributed by atoms with Crippen LogP contribution < -0.4 is 10.6 Å². The molecule has 23 heavy (non-hydrogen) atoms. The van der Waals surface area contributed by atoms with Gasteiger partial charge in [0.25, 0.3) is 0 Å². The minimum Gasteiger partial charge on any atom is -0.357 e. The molecule has 1 unspecified atom stereocenters. The average Bonchev–Trinajstić information content (AvgIpc) is 2.46. The Morgan fingerprint density at radius 3 is 2.65 bits per heavy atom. The monoisotopic (exact) mass is 359 g/mol. The molecule has 0 heterocycles. The number of aliphatic imine (C=N–C) groups is 1. The van der Waals surface area contributed by atoms with Crippen LogP contribution in [0.4, 0.5) is 0 Å². The van der Waals surface area contributed by atoms with Crippen LogP contribution in [-0.4, -0.2) is 45.5 Å². The molecular weight excluding hydrogens is 334 g/mol. The Hall–Kier alpha value is -1.27. The summed E-state index contributed by atoms with van der Waals surface area (Å²) in [5.74, 6) is 0.862. The topological polar surface area (TPSA) is 70.6 Å². The zero-order valence-electron chi connectivity index (χ0n) is 14.0. The molecule has 0 amide bonds. The lowest BCUT2D eigenvalue weighted by atomic mass is 10.1. The molecule has 0 aromatic heterocycles. The van der Waals surface area contributed by atoms with E-state index in [9.17, 15) is 8.42 Å². The molecule has 0 aliphatic rings. The van der Waals surface area contributed by atoms with Gasteiger partial charge in [-0.05, 0) is 38.3 Å². The van der Waals surface area contributed by atoms with E-state index in [-0.39, 0.29) is 11.8 Å². The van der Waals surface area contributed by atoms with E-state index in [0.29, 0.717) is 18.9 Å². The van der Waals surface area contributed by atoms with Gasteiger partial charge in [0.05, 0.1) is 5.75 Å². The molecule has 5 nitrogen and oxygen atoms in total. The quantitative estimate of drug-likeness (QED) is 0.551. The van der Waals surface area contributed by atoms with E-state index in [4.69, 9.17) is 11.6 Å². The molecule has 0 radical (unpaired) electrons. The number of hydrogen-bond donors (Lipinski definition) is 2. The largest absolute Gasteiger partial charge is 0.357 e. The number of rotatable bonds is 8. The number of guanidine groups is 1. The van der Waals surface area contributed by atoms with E-state index in [0.717, 1.165) is 23.6 Å². The predicted octanol–water partition coefficient (Wildman–Crippen LogP) is 2.26. The van der Waals surface area contributed by atoms with E-state index < -0.39 is 9.84 Å². The van der Waals surface area contributed by atoms with Crippen LogP contribution in [0.5, 0.6) is 0 Å². The molecule has 0 fully saturated rings. The van der Waals surface area contributed by atoms with E-state index in [1.54, 1.807) is 0 Å². The molecule has 0 aliphatic carbocycles. The maximum Gasteiger partial charge on any atom is 0.191 e. The minimum absolute atomic E-state index is 0.0304. The first kappa shape index (κ1) is 19.8. The second-order valence-corrected chi connectivity index (χ2v) is 8.23. The lowest BCUT2D eigenvalue weighted by Crippen LogP contribution is -2.43. The van der Waals surface area contributed by atoms with Gasteiger partial charge in [-0.25, -0.2) is 8.42 Å². The fraction of sp³-hybridized carbons (Fsp3) is 0.562. The Labute approximate surface area is 144 Å². The lowest BCUT2D eigenvalue weighted by molar-refractivity contribution is 0.581. The molecule has 2 N–H and O–H groups in total. The smallest absolute Gasteiger partial charge is 0.191 e. The zero-order valence-corrected chi connectivity index (χ0v) is 15.5. The van der Waals surface area contributed by atoms with E-state index in [1.807, 2.05) is 38.1 Å². The van der Waals surface area contributed by atoms with Crippen LogP contribution in [0.3, 0.4) is 0 Å². The molecule has 0 saturated heterocycles. The van der Waals surface area contributed by atoms with E-state index in [1.165, 1.54) is 6.26 Å². The van der Waals surface area contributed by atoms with E-state index >= 15 is 0 Å². The highest BCUT2D eigenvalue weighted by molar-refractivity contribution is 7.90. The van der Waals surface area contributed by atoms with Gasteiger partial charge in [0.2, 0.25) is 0 Å². The average molecular weight is 360 g/mol. The summed E-state index contributed by atoms with van der Waals surface area (Å²) in [5, 5.41) is 7.15. The van der Waals surface area contributed by atoms with Crippen LogP contribution in [0, 0.1) is 0 Å². The molecule has 0 spiro atoms. The summed E-state index contributed by atoms with van der Waals surface area (Å²) in [7, 11) is -2.94. The Bertz CT molecular complexity index is 618. The van der Waals surface area contributed by atoms with Crippen molar-refractivity contribution in [3.05, 3.63) is 34.9 Å². The van der Waals surface area contributed by atoms with Gasteiger partial charge in [-0.15, -0.1) is 0 Å². The van der Waals surface area contributed by atoms with Crippen molar-refractivity contribution in [1.82, 2.24) is 10.6 Å². The molecule has 1 aromatic carbocycles. The molecular formula is C16H26ClN3O2S. The lowest BCUT2D eigenvalue weighted by Gasteiger charge is -2.17. The Kier molecular flexibility index (Phi) is 8.41. The number of nitrogens with zero attached hydrogens (tertiary/aromatic N) is 1. The molecule has 0 bridgehead atoms. The van der Waals surface area contributed by atoms with Crippen LogP contribution in [0.25, 0.3) is 0 Å². The summed E-state index contributed by atoms with van der Waals surface area (Å²) >= 11 is 6.13. The summed E-state index contributed by atoms with van der Waals surface area (Å²) in [6, 6.07) is 7.76. The van der Waals surface area contributed by atoms with Gasteiger partial charge in [-0.3, -0.25) is 4.99 Å². The standard InChI is InChI=1S/C16H26ClN3O2S/c1-4-18-16(20-13(2)10-12-23(3,21)22)19-11-9-14-7-5-6-8-15(14)17/h5-8,13H,4,9-12H2,1-3H3,(H2,18,19,20). The van der Waals surface area contributed by atoms with Crippen molar-refractivity contribution in [2.75, 3.05) is 25.1 Å². The Morgan fingerprint density at radius 2 is 2.04 bits per heavy atom. The molecule has 130 valence electrons. The van der Waals surface area contributed by atoms with Gasteiger partial charge in [0.1, 0.15) is 9.84 Å². The van der Waals surface area contributed by atoms with Crippen LogP contribution in [0.15, 0.2) is 29.3 Å². The number of sulfone groups is 1. The molecule has 0 saturated carbocycles. The predicted molar refractivity (Wildman–Crippen MR) is 98.1 cm³/mol. The maximum absolute atomic E-state index is 11.2. The molecule has 0 aliphatic heterocycles. The SMILES string of the molecule is CCNC(=NCCc1ccccc1Cl)NC(C)CCS(C)(=O)=O. The highest BCUT2D eigenvalue weighted by atomic mass is 35.5. The van der Waals surface area contributed by atoms with Gasteiger partial charge in [0, 0.05) is 30.4 Å². The summed E-state index contributed by atoms with van der Waals surface area (Å²) in [4.78, 5) is 4.52. The summed E-state index contributed by atoms with van der Waals surface area (Å²) in [6.07, 6.45) is 2.56. The van der Waals surface area contributed by atoms with Crippen molar-refractivity contribution in [3.8, 4) is 0 Å². The second kappa shape index (κ2) is 9.78. The minimum atomic E-state index is -2.94. The second-order valence-electron chi connectivity index (χ2n) is 5.57. The first-order valence-corrected chi connectivity index (χ1v) is 10.2. The third-order valence-corrected chi connectivity index (χ3v) is 4.60. The molecule has 1 aromatic rings. The van der Waals surface area contributed by atoms with Crippen molar-refractivity contribution in [2.45, 2.75) is 32.7 Å². The van der Waals surface area contributed by atoms with Crippen molar-refractivity contribution < 1.29 is 8.42 Å².